The molecule has 0 unspecified atom stereocenters. The molecule has 0 aliphatic carbocycles. The lowest BCUT2D eigenvalue weighted by atomic mass is 9.94. The maximum Gasteiger partial charge on any atom is 0.301 e. The topological polar surface area (TPSA) is 109 Å². The van der Waals surface area contributed by atoms with Gasteiger partial charge in [-0.1, -0.05) is 17.4 Å². The van der Waals surface area contributed by atoms with Crippen LogP contribution in [-0.4, -0.2) is 39.6 Å². The molecule has 1 saturated heterocycles. The van der Waals surface area contributed by atoms with Crippen LogP contribution in [0.15, 0.2) is 60.2 Å². The van der Waals surface area contributed by atoms with Crippen molar-refractivity contribution in [3.8, 4) is 17.2 Å². The highest BCUT2D eigenvalue weighted by molar-refractivity contribution is 7.22. The Balaban J connectivity index is 1.55. The van der Waals surface area contributed by atoms with E-state index in [0.29, 0.717) is 33.5 Å². The second-order valence-corrected chi connectivity index (χ2v) is 10.4. The van der Waals surface area contributed by atoms with Gasteiger partial charge in [0.15, 0.2) is 16.6 Å². The van der Waals surface area contributed by atoms with Gasteiger partial charge in [-0.2, -0.15) is 0 Å². The molecule has 2 aliphatic rings. The van der Waals surface area contributed by atoms with E-state index in [0.717, 1.165) is 16.9 Å². The Morgan fingerprint density at radius 1 is 1.18 bits per heavy atom. The number of anilines is 1. The van der Waals surface area contributed by atoms with Gasteiger partial charge in [-0.25, -0.2) is 9.37 Å². The lowest BCUT2D eigenvalue weighted by molar-refractivity contribution is -0.132. The number of Topliss-reactive ketones (excluding diaryl/α,β-unsaturated/α-hetero) is 1. The molecule has 0 spiro atoms. The third kappa shape index (κ3) is 4.17. The van der Waals surface area contributed by atoms with Crippen molar-refractivity contribution in [2.24, 2.45) is 0 Å². The molecule has 39 heavy (non-hydrogen) atoms. The first kappa shape index (κ1) is 24.9. The van der Waals surface area contributed by atoms with Gasteiger partial charge >= 0.3 is 5.91 Å². The van der Waals surface area contributed by atoms with Gasteiger partial charge < -0.3 is 19.7 Å². The van der Waals surface area contributed by atoms with Crippen LogP contribution in [0.1, 0.15) is 36.6 Å². The molecule has 0 saturated carbocycles. The summed E-state index contributed by atoms with van der Waals surface area (Å²) in [5, 5.41) is 22.0. The van der Waals surface area contributed by atoms with Crippen LogP contribution in [0.2, 0.25) is 0 Å². The summed E-state index contributed by atoms with van der Waals surface area (Å²) < 4.78 is 25.7. The molecule has 0 radical (unpaired) electrons. The Kier molecular flexibility index (Phi) is 5.99. The molecule has 4 aromatic rings. The van der Waals surface area contributed by atoms with Crippen LogP contribution in [0.25, 0.3) is 16.0 Å². The number of amides is 1. The van der Waals surface area contributed by atoms with Crippen molar-refractivity contribution in [3.05, 3.63) is 82.7 Å². The van der Waals surface area contributed by atoms with E-state index < -0.39 is 23.5 Å². The van der Waals surface area contributed by atoms with E-state index in [1.165, 1.54) is 35.2 Å². The molecule has 2 aliphatic heterocycles. The van der Waals surface area contributed by atoms with E-state index in [1.807, 2.05) is 6.92 Å². The van der Waals surface area contributed by atoms with Crippen LogP contribution in [0, 0.1) is 5.82 Å². The molecule has 1 amide bonds. The van der Waals surface area contributed by atoms with Gasteiger partial charge in [-0.3, -0.25) is 14.5 Å². The third-order valence-corrected chi connectivity index (χ3v) is 7.78. The monoisotopic (exact) mass is 546 g/mol. The van der Waals surface area contributed by atoms with Gasteiger partial charge in [0.05, 0.1) is 28.4 Å². The van der Waals surface area contributed by atoms with Crippen molar-refractivity contribution in [1.82, 2.24) is 4.98 Å². The fraction of sp³-hybridized carbons (Fsp3) is 0.207. The molecule has 1 fully saturated rings. The quantitative estimate of drug-likeness (QED) is 0.194. The fourth-order valence-corrected chi connectivity index (χ4v) is 6.05. The van der Waals surface area contributed by atoms with Crippen molar-refractivity contribution in [1.29, 1.82) is 0 Å². The summed E-state index contributed by atoms with van der Waals surface area (Å²) in [6, 6.07) is 12.6. The number of aromatic nitrogens is 1. The van der Waals surface area contributed by atoms with E-state index in [2.05, 4.69) is 4.98 Å². The molecule has 8 nitrogen and oxygen atoms in total. The number of fused-ring (bicyclic) bond motifs is 2. The highest BCUT2D eigenvalue weighted by atomic mass is 32.1. The first-order valence-electron chi connectivity index (χ1n) is 12.4. The molecular formula is C29H23FN2O6S. The van der Waals surface area contributed by atoms with Gasteiger partial charge in [-0.15, -0.1) is 0 Å². The molecule has 3 aromatic carbocycles. The number of ether oxygens (including phenoxy) is 2. The Hall–Kier alpha value is -4.44. The highest BCUT2D eigenvalue weighted by Gasteiger charge is 2.48. The molecular weight excluding hydrogens is 523 g/mol. The Morgan fingerprint density at radius 2 is 2.00 bits per heavy atom. The number of phenolic OH excluding ortho intramolecular Hbond substituents is 1. The number of carbonyl (C=O) groups excluding carboxylic acids is 2. The summed E-state index contributed by atoms with van der Waals surface area (Å²) in [7, 11) is 0. The molecule has 6 rings (SSSR count). The number of benzene rings is 3. The predicted octanol–water partition coefficient (Wildman–Crippen LogP) is 5.49. The Bertz CT molecular complexity index is 1700. The molecule has 2 atom stereocenters. The number of phenols is 1. The van der Waals surface area contributed by atoms with Crippen LogP contribution in [-0.2, 0) is 16.0 Å². The minimum Gasteiger partial charge on any atom is -0.507 e. The number of hydrogen-bond acceptors (Lipinski definition) is 8. The zero-order valence-electron chi connectivity index (χ0n) is 21.0. The van der Waals surface area contributed by atoms with Crippen LogP contribution in [0.5, 0.6) is 17.2 Å². The van der Waals surface area contributed by atoms with Crippen molar-refractivity contribution in [2.45, 2.75) is 32.4 Å². The van der Waals surface area contributed by atoms with Crippen LogP contribution >= 0.6 is 11.3 Å². The average Bonchev–Trinajstić information content (AvgIpc) is 3.57. The van der Waals surface area contributed by atoms with Crippen LogP contribution in [0.4, 0.5) is 9.52 Å². The van der Waals surface area contributed by atoms with Crippen molar-refractivity contribution < 1.29 is 33.7 Å². The second-order valence-electron chi connectivity index (χ2n) is 9.39. The summed E-state index contributed by atoms with van der Waals surface area (Å²) >= 11 is 1.06. The fourth-order valence-electron chi connectivity index (χ4n) is 5.03. The number of aliphatic hydroxyl groups is 1. The number of rotatable bonds is 5. The number of halogens is 1. The zero-order valence-corrected chi connectivity index (χ0v) is 21.8. The van der Waals surface area contributed by atoms with Crippen molar-refractivity contribution in [3.63, 3.8) is 0 Å². The molecule has 1 aromatic heterocycles. The lowest BCUT2D eigenvalue weighted by Gasteiger charge is -2.23. The van der Waals surface area contributed by atoms with Gasteiger partial charge in [0.1, 0.15) is 23.4 Å². The van der Waals surface area contributed by atoms with Gasteiger partial charge in [0, 0.05) is 12.0 Å². The number of aliphatic hydroxyl groups excluding tert-OH is 1. The van der Waals surface area contributed by atoms with Gasteiger partial charge in [0.25, 0.3) is 5.78 Å². The molecule has 2 N–H and O–H groups in total. The maximum atomic E-state index is 13.9. The second kappa shape index (κ2) is 9.39. The number of thiazole rings is 1. The minimum atomic E-state index is -1.08. The maximum absolute atomic E-state index is 13.9. The van der Waals surface area contributed by atoms with Gasteiger partial charge in [-0.05, 0) is 73.5 Å². The SMILES string of the molecule is CCOc1cc([C@H]2C(=C(O)c3ccc4c(c3)C[C@H](C)O4)C(=O)C(=O)N2c2nc3ccc(F)cc3s2)ccc1O. The van der Waals surface area contributed by atoms with Crippen LogP contribution < -0.4 is 14.4 Å². The minimum absolute atomic E-state index is 0.0131. The smallest absolute Gasteiger partial charge is 0.301 e. The van der Waals surface area contributed by atoms with Gasteiger partial charge in [0.2, 0.25) is 0 Å². The molecule has 0 bridgehead atoms. The summed E-state index contributed by atoms with van der Waals surface area (Å²) in [5.74, 6) is -1.81. The highest BCUT2D eigenvalue weighted by Crippen LogP contribution is 2.46. The first-order chi connectivity index (χ1) is 18.7. The number of ketones is 1. The molecule has 3 heterocycles. The van der Waals surface area contributed by atoms with Crippen molar-refractivity contribution in [2.75, 3.05) is 11.5 Å². The van der Waals surface area contributed by atoms with E-state index in [1.54, 1.807) is 31.2 Å². The number of nitrogens with zero attached hydrogens (tertiary/aromatic N) is 2. The molecule has 198 valence electrons. The van der Waals surface area contributed by atoms with Crippen molar-refractivity contribution >= 4 is 44.1 Å². The summed E-state index contributed by atoms with van der Waals surface area (Å²) in [5.41, 5.74) is 2.00. The Morgan fingerprint density at radius 3 is 2.79 bits per heavy atom. The normalized spacial score (nSPS) is 19.9. The zero-order chi connectivity index (χ0) is 27.4. The Labute approximate surface area is 226 Å². The standard InChI is InChI=1S/C29H23FN2O6S/c1-3-37-22-12-15(4-8-20(22)33)25-24(26(34)16-5-9-21-17(11-16)10-14(2)38-21)27(35)28(36)32(25)29-31-19-7-6-18(30)13-23(19)39-29/h4-9,11-14,25,33-34H,3,10H2,1-2H3/t14-,25-/m0/s1. The van der Waals surface area contributed by atoms with E-state index >= 15 is 0 Å². The van der Waals surface area contributed by atoms with Crippen LogP contribution in [0.3, 0.4) is 0 Å². The number of hydrogen-bond donors (Lipinski definition) is 2. The molecule has 10 heteroatoms. The first-order valence-corrected chi connectivity index (χ1v) is 13.2. The largest absolute Gasteiger partial charge is 0.507 e. The van der Waals surface area contributed by atoms with E-state index in [9.17, 15) is 24.2 Å². The van der Waals surface area contributed by atoms with E-state index in [-0.39, 0.29) is 40.7 Å². The summed E-state index contributed by atoms with van der Waals surface area (Å²) in [6.07, 6.45) is 0.632. The lowest BCUT2D eigenvalue weighted by Crippen LogP contribution is -2.29. The average molecular weight is 547 g/mol. The summed E-state index contributed by atoms with van der Waals surface area (Å²) in [6.45, 7) is 3.98. The van der Waals surface area contributed by atoms with E-state index in [4.69, 9.17) is 9.47 Å². The predicted molar refractivity (Wildman–Crippen MR) is 144 cm³/mol. The third-order valence-electron chi connectivity index (χ3n) is 6.76. The number of carbonyl (C=O) groups is 2. The number of aromatic hydroxyl groups is 1. The summed E-state index contributed by atoms with van der Waals surface area (Å²) in [4.78, 5) is 32.7.